The molecule has 4 aromatic heterocycles. The van der Waals surface area contributed by atoms with Gasteiger partial charge in [-0.05, 0) is 76.6 Å². The summed E-state index contributed by atoms with van der Waals surface area (Å²) in [6.45, 7) is 0. The highest BCUT2D eigenvalue weighted by Crippen LogP contribution is 2.45. The zero-order valence-electron chi connectivity index (χ0n) is 57.1. The van der Waals surface area contributed by atoms with Gasteiger partial charge in [0.1, 0.15) is 22.3 Å². The Balaban J connectivity index is 1.25. The van der Waals surface area contributed by atoms with E-state index in [1.807, 2.05) is 0 Å². The van der Waals surface area contributed by atoms with Crippen molar-refractivity contribution < 1.29 is 48.6 Å². The molecule has 0 saturated carbocycles. The van der Waals surface area contributed by atoms with Crippen LogP contribution >= 0.6 is 11.3 Å². The van der Waals surface area contributed by atoms with E-state index in [4.69, 9.17) is 33.5 Å². The van der Waals surface area contributed by atoms with E-state index in [9.17, 15) is 15.1 Å². The van der Waals surface area contributed by atoms with Crippen LogP contribution in [0, 0.1) is 0 Å². The zero-order chi connectivity index (χ0) is 62.7. The Kier molecular flexibility index (Phi) is 3.22. The van der Waals surface area contributed by atoms with Gasteiger partial charge in [-0.15, -0.1) is 11.3 Å². The molecule has 0 spiro atoms. The second-order valence-electron chi connectivity index (χ2n) is 12.1. The SMILES string of the molecule is [2H]c1c([2H])c([2H])c(-c2nc(-c3c([2H])c([2H])c([2H])c([2H])c3[2H])nc(-c3c([2H])c([2H])c4c(oc5c([2H])c([2H])c([2H])c(-c6c([2H])c(-c7c([2H])c([2H])c8sc9c([2H])c([2H])c([2H])c([2H])c9c8c7[2H])c([2H])c7oc8c([2H])c([2H])c([2H])c([2H])c8c67)c54)c3[2H])n2)c([2H])c1[2H]. The van der Waals surface area contributed by atoms with E-state index < -0.39 is 276 Å². The third-order valence-corrected chi connectivity index (χ3v) is 9.86. The van der Waals surface area contributed by atoms with E-state index in [1.54, 1.807) is 0 Å². The minimum atomic E-state index is -1.01. The van der Waals surface area contributed by atoms with Gasteiger partial charge in [-0.2, -0.15) is 0 Å². The van der Waals surface area contributed by atoms with Crippen molar-refractivity contribution >= 4 is 75.4 Å². The Morgan fingerprint density at radius 1 is 0.351 bits per heavy atom. The molecular weight excluding hydrogens is 719 g/mol. The monoisotopic (exact) mass is 776 g/mol. The molecule has 0 saturated heterocycles. The maximum atomic E-state index is 10.2. The first-order chi connectivity index (χ1) is 40.3. The van der Waals surface area contributed by atoms with Gasteiger partial charge in [0.05, 0.1) is 39.8 Å². The number of fused-ring (bicyclic) bond motifs is 9. The van der Waals surface area contributed by atoms with Crippen molar-refractivity contribution in [3.05, 3.63) is 175 Å². The molecule has 0 radical (unpaired) electrons. The van der Waals surface area contributed by atoms with Gasteiger partial charge in [0, 0.05) is 58.4 Å². The Bertz CT molecular complexity index is 5100. The molecule has 8 aromatic carbocycles. The molecule has 0 unspecified atom stereocenters. The fraction of sp³-hybridized carbons (Fsp3) is 0. The van der Waals surface area contributed by atoms with E-state index in [0.717, 1.165) is 0 Å². The summed E-state index contributed by atoms with van der Waals surface area (Å²) >= 11 is 0.689. The normalized spacial score (nSPS) is 19.0. The van der Waals surface area contributed by atoms with Crippen molar-refractivity contribution in [1.82, 2.24) is 15.0 Å². The smallest absolute Gasteiger partial charge is 0.164 e. The summed E-state index contributed by atoms with van der Waals surface area (Å²) in [5.74, 6) is -2.45. The molecule has 266 valence electrons. The van der Waals surface area contributed by atoms with Crippen LogP contribution in [-0.4, -0.2) is 15.0 Å². The lowest BCUT2D eigenvalue weighted by Gasteiger charge is -2.11. The van der Waals surface area contributed by atoms with Crippen LogP contribution < -0.4 is 0 Å². The maximum Gasteiger partial charge on any atom is 0.164 e. The topological polar surface area (TPSA) is 65.0 Å². The minimum absolute atomic E-state index is 0.0959. The van der Waals surface area contributed by atoms with Crippen molar-refractivity contribution in [2.24, 2.45) is 0 Å². The lowest BCUT2D eigenvalue weighted by molar-refractivity contribution is 0.668. The van der Waals surface area contributed by atoms with Crippen LogP contribution in [0.5, 0.6) is 0 Å². The highest BCUT2D eigenvalue weighted by molar-refractivity contribution is 7.25. The van der Waals surface area contributed by atoms with E-state index in [-0.39, 0.29) is 20.2 Å². The van der Waals surface area contributed by atoms with Crippen LogP contribution in [0.15, 0.2) is 184 Å². The van der Waals surface area contributed by atoms with Gasteiger partial charge in [0.15, 0.2) is 17.5 Å². The van der Waals surface area contributed by atoms with Crippen molar-refractivity contribution in [3.63, 3.8) is 0 Å². The van der Waals surface area contributed by atoms with Crippen molar-refractivity contribution in [3.8, 4) is 56.4 Å². The first-order valence-corrected chi connectivity index (χ1v) is 17.4. The standard InChI is InChI=1S/C51H29N3O2S/c1-3-12-30(13-4-1)49-52-50(31-14-5-2-6-15-31)54-51(53-49)33-22-24-38-43(28-33)56-42-20-11-18-36(47(38)42)40-27-34(29-44-48(40)37-17-7-9-19-41(37)55-44)32-23-25-46-39(26-32)35-16-8-10-21-45(35)57-46/h1-29H/i1D,2D,3D,4D,5D,6D,7D,8D,9D,10D,11D,12D,13D,14D,15D,16D,17D,18D,19D,20D,21D,22D,23D,24D,25D,26D,27D,28D,29D. The lowest BCUT2D eigenvalue weighted by Crippen LogP contribution is -2.00. The molecule has 4 heterocycles. The number of furan rings is 2. The summed E-state index contributed by atoms with van der Waals surface area (Å²) in [5.41, 5.74) is -7.80. The molecule has 0 amide bonds. The van der Waals surface area contributed by atoms with Crippen LogP contribution in [-0.2, 0) is 0 Å². The fourth-order valence-electron chi connectivity index (χ4n) is 6.40. The highest BCUT2D eigenvalue weighted by atomic mass is 32.1. The average molecular weight is 777 g/mol. The first kappa shape index (κ1) is 14.6. The largest absolute Gasteiger partial charge is 0.456 e. The molecule has 0 aliphatic heterocycles. The summed E-state index contributed by atoms with van der Waals surface area (Å²) in [6, 6.07) is -24.4. The number of benzene rings is 8. The minimum Gasteiger partial charge on any atom is -0.456 e. The van der Waals surface area contributed by atoms with Crippen molar-refractivity contribution in [1.29, 1.82) is 0 Å². The second-order valence-corrected chi connectivity index (χ2v) is 13.1. The molecule has 0 aliphatic carbocycles. The Hall–Kier alpha value is -7.41. The van der Waals surface area contributed by atoms with Crippen LogP contribution in [0.3, 0.4) is 0 Å². The van der Waals surface area contributed by atoms with Crippen LogP contribution in [0.2, 0.25) is 0 Å². The van der Waals surface area contributed by atoms with Gasteiger partial charge in [-0.3, -0.25) is 0 Å². The molecular formula is C51H29N3O2S. The Morgan fingerprint density at radius 3 is 1.72 bits per heavy atom. The summed E-state index contributed by atoms with van der Waals surface area (Å²) in [4.78, 5) is 12.8. The number of hydrogen-bond donors (Lipinski definition) is 0. The molecule has 0 fully saturated rings. The third kappa shape index (κ3) is 5.19. The average Bonchev–Trinajstić information content (AvgIpc) is 1.47. The molecule has 6 heteroatoms. The summed E-state index contributed by atoms with van der Waals surface area (Å²) < 4.78 is 272. The second kappa shape index (κ2) is 12.6. The van der Waals surface area contributed by atoms with E-state index in [0.29, 0.717) is 11.3 Å². The summed E-state index contributed by atoms with van der Waals surface area (Å²) in [7, 11) is 0. The summed E-state index contributed by atoms with van der Waals surface area (Å²) in [6.07, 6.45) is 0. The zero-order valence-corrected chi connectivity index (χ0v) is 28.9. The number of rotatable bonds is 5. The molecule has 0 bridgehead atoms. The molecule has 12 aromatic rings. The van der Waals surface area contributed by atoms with Crippen molar-refractivity contribution in [2.75, 3.05) is 0 Å². The predicted molar refractivity (Wildman–Crippen MR) is 234 cm³/mol. The third-order valence-electron chi connectivity index (χ3n) is 8.84. The van der Waals surface area contributed by atoms with E-state index in [2.05, 4.69) is 15.0 Å². The number of nitrogens with zero attached hydrogens (tertiary/aromatic N) is 3. The highest BCUT2D eigenvalue weighted by Gasteiger charge is 2.21. The number of aromatic nitrogens is 3. The molecule has 0 atom stereocenters. The van der Waals surface area contributed by atoms with Gasteiger partial charge >= 0.3 is 0 Å². The van der Waals surface area contributed by atoms with Gasteiger partial charge in [-0.25, -0.2) is 15.0 Å². The fourth-order valence-corrected chi connectivity index (χ4v) is 7.32. The van der Waals surface area contributed by atoms with Gasteiger partial charge in [0.25, 0.3) is 0 Å². The molecule has 0 aliphatic rings. The van der Waals surface area contributed by atoms with E-state index in [1.165, 1.54) is 0 Å². The number of hydrogen-bond acceptors (Lipinski definition) is 6. The maximum absolute atomic E-state index is 10.2. The molecule has 5 nitrogen and oxygen atoms in total. The number of para-hydroxylation sites is 1. The molecule has 0 N–H and O–H groups in total. The van der Waals surface area contributed by atoms with Crippen LogP contribution in [0.1, 0.15) is 39.8 Å². The lowest BCUT2D eigenvalue weighted by atomic mass is 9.91. The quantitative estimate of drug-likeness (QED) is 0.174. The molecule has 12 rings (SSSR count). The van der Waals surface area contributed by atoms with Crippen LogP contribution in [0.25, 0.3) is 120 Å². The van der Waals surface area contributed by atoms with Gasteiger partial charge < -0.3 is 8.83 Å². The molecule has 57 heavy (non-hydrogen) atoms. The van der Waals surface area contributed by atoms with Crippen molar-refractivity contribution in [2.45, 2.75) is 0 Å². The van der Waals surface area contributed by atoms with Crippen LogP contribution in [0.4, 0.5) is 0 Å². The summed E-state index contributed by atoms with van der Waals surface area (Å²) in [5, 5.41) is -2.76. The van der Waals surface area contributed by atoms with E-state index >= 15 is 0 Å². The Morgan fingerprint density at radius 2 is 0.930 bits per heavy atom. The van der Waals surface area contributed by atoms with Gasteiger partial charge in [0.2, 0.25) is 0 Å². The predicted octanol–water partition coefficient (Wildman–Crippen LogP) is 14.4. The van der Waals surface area contributed by atoms with Gasteiger partial charge in [-0.1, -0.05) is 121 Å². The number of thiophene rings is 1. The first-order valence-electron chi connectivity index (χ1n) is 31.1. The Labute approximate surface area is 370 Å².